The maximum absolute atomic E-state index is 10.7. The van der Waals surface area contributed by atoms with Crippen LogP contribution in [0.4, 0.5) is 0 Å². The van der Waals surface area contributed by atoms with Gasteiger partial charge in [-0.2, -0.15) is 5.10 Å². The van der Waals surface area contributed by atoms with Gasteiger partial charge in [-0.3, -0.25) is 9.48 Å². The van der Waals surface area contributed by atoms with Crippen LogP contribution in [0.15, 0.2) is 24.4 Å². The van der Waals surface area contributed by atoms with Gasteiger partial charge in [0.05, 0.1) is 0 Å². The molecular weight excluding hydrogens is 238 g/mol. The predicted octanol–water partition coefficient (Wildman–Crippen LogP) is 3.71. The van der Waals surface area contributed by atoms with Crippen molar-refractivity contribution in [2.24, 2.45) is 5.73 Å². The Balaban J connectivity index is 0.000000341. The fraction of sp³-hybridized carbons (Fsp3) is 0.600. The van der Waals surface area contributed by atoms with Crippen molar-refractivity contribution in [1.29, 1.82) is 0 Å². The molecule has 0 fully saturated rings. The van der Waals surface area contributed by atoms with E-state index in [2.05, 4.69) is 17.3 Å². The van der Waals surface area contributed by atoms with Crippen molar-refractivity contribution >= 4 is 5.91 Å². The third-order valence-corrected chi connectivity index (χ3v) is 2.57. The molecule has 0 radical (unpaired) electrons. The van der Waals surface area contributed by atoms with Gasteiger partial charge in [-0.15, -0.1) is 0 Å². The minimum Gasteiger partial charge on any atom is -0.364 e. The van der Waals surface area contributed by atoms with Crippen molar-refractivity contribution in [3.63, 3.8) is 0 Å². The fourth-order valence-corrected chi connectivity index (χ4v) is 1.68. The van der Waals surface area contributed by atoms with Crippen molar-refractivity contribution in [1.82, 2.24) is 9.78 Å². The number of aromatic nitrogens is 2. The number of primary amides is 1. The van der Waals surface area contributed by atoms with E-state index in [0.29, 0.717) is 5.69 Å². The highest BCUT2D eigenvalue weighted by atomic mass is 16.1. The maximum Gasteiger partial charge on any atom is 0.266 e. The third-order valence-electron chi connectivity index (χ3n) is 2.57. The van der Waals surface area contributed by atoms with Gasteiger partial charge in [-0.25, -0.2) is 0 Å². The van der Waals surface area contributed by atoms with Gasteiger partial charge in [0.1, 0.15) is 5.69 Å². The number of nitrogens with zero attached hydrogens (tertiary/aromatic N) is 2. The Morgan fingerprint density at radius 3 is 2.05 bits per heavy atom. The van der Waals surface area contributed by atoms with Crippen LogP contribution in [0.1, 0.15) is 69.9 Å². The zero-order chi connectivity index (χ0) is 14.7. The molecule has 0 aromatic carbocycles. The number of nitrogens with two attached hydrogens (primary N) is 1. The normalized spacial score (nSPS) is 13.1. The van der Waals surface area contributed by atoms with E-state index in [4.69, 9.17) is 5.73 Å². The predicted molar refractivity (Wildman–Crippen MR) is 80.1 cm³/mol. The van der Waals surface area contributed by atoms with Crippen molar-refractivity contribution in [2.45, 2.75) is 59.4 Å². The highest BCUT2D eigenvalue weighted by Gasteiger charge is 2.09. The lowest BCUT2D eigenvalue weighted by atomic mass is 10.1. The molecule has 0 saturated carbocycles. The first-order valence-electron chi connectivity index (χ1n) is 7.11. The van der Waals surface area contributed by atoms with E-state index in [1.807, 2.05) is 27.7 Å². The molecule has 1 aliphatic rings. The van der Waals surface area contributed by atoms with Crippen LogP contribution in [0, 0.1) is 0 Å². The number of rotatable bonds is 2. The van der Waals surface area contributed by atoms with Gasteiger partial charge in [0, 0.05) is 12.2 Å². The topological polar surface area (TPSA) is 60.9 Å². The number of hydrogen-bond acceptors (Lipinski definition) is 2. The molecule has 2 rings (SSSR count). The summed E-state index contributed by atoms with van der Waals surface area (Å²) in [6.07, 6.45) is 11.6. The van der Waals surface area contributed by atoms with Gasteiger partial charge in [-0.1, -0.05) is 26.0 Å². The van der Waals surface area contributed by atoms with Crippen molar-refractivity contribution in [3.8, 4) is 0 Å². The summed E-state index contributed by atoms with van der Waals surface area (Å²) in [5.74, 6) is -0.434. The largest absolute Gasteiger partial charge is 0.364 e. The van der Waals surface area contributed by atoms with E-state index in [-0.39, 0.29) is 6.04 Å². The van der Waals surface area contributed by atoms with Crippen LogP contribution in [-0.2, 0) is 0 Å². The molecular formula is C15H27N3O. The van der Waals surface area contributed by atoms with Crippen molar-refractivity contribution < 1.29 is 4.79 Å². The molecule has 0 atom stereocenters. The fourth-order valence-electron chi connectivity index (χ4n) is 1.68. The Morgan fingerprint density at radius 2 is 1.79 bits per heavy atom. The summed E-state index contributed by atoms with van der Waals surface area (Å²) < 4.78 is 1.60. The summed E-state index contributed by atoms with van der Waals surface area (Å²) in [7, 11) is 0. The zero-order valence-corrected chi connectivity index (χ0v) is 12.6. The Hall–Kier alpha value is -1.58. The van der Waals surface area contributed by atoms with E-state index in [0.717, 1.165) is 0 Å². The third kappa shape index (κ3) is 6.79. The molecule has 1 aromatic rings. The van der Waals surface area contributed by atoms with E-state index >= 15 is 0 Å². The lowest BCUT2D eigenvalue weighted by molar-refractivity contribution is 0.0988. The summed E-state index contributed by atoms with van der Waals surface area (Å²) in [5, 5.41) is 3.95. The summed E-state index contributed by atoms with van der Waals surface area (Å²) in [6.45, 7) is 7.89. The summed E-state index contributed by atoms with van der Waals surface area (Å²) in [5.41, 5.74) is 5.56. The molecule has 1 heterocycles. The number of carbonyl (C=O) groups excluding carboxylic acids is 1. The maximum atomic E-state index is 10.7. The quantitative estimate of drug-likeness (QED) is 0.829. The molecule has 1 aliphatic carbocycles. The first kappa shape index (κ1) is 17.4. The molecule has 0 saturated heterocycles. The Bertz CT molecular complexity index is 372. The van der Waals surface area contributed by atoms with E-state index in [1.54, 1.807) is 16.9 Å². The molecule has 1 aromatic heterocycles. The summed E-state index contributed by atoms with van der Waals surface area (Å²) >= 11 is 0. The average Bonchev–Trinajstić information content (AvgIpc) is 2.93. The van der Waals surface area contributed by atoms with E-state index in [1.165, 1.54) is 25.7 Å². The molecule has 0 aliphatic heterocycles. The van der Waals surface area contributed by atoms with Gasteiger partial charge in [0.2, 0.25) is 0 Å². The molecule has 4 heteroatoms. The van der Waals surface area contributed by atoms with Crippen LogP contribution in [-0.4, -0.2) is 15.7 Å². The monoisotopic (exact) mass is 265 g/mol. The standard InChI is InChI=1S/C7H11N3O.C6H10.C2H6/c1-5(2)10-6(7(8)11)3-4-9-10;1-2-4-6-5-3-1;1-2/h3-5H,1-2H3,(H2,8,11);1-2H,3-6H2;1-2H3. The van der Waals surface area contributed by atoms with E-state index < -0.39 is 5.91 Å². The lowest BCUT2D eigenvalue weighted by Gasteiger charge is -2.07. The summed E-state index contributed by atoms with van der Waals surface area (Å²) in [6, 6.07) is 1.79. The second kappa shape index (κ2) is 10.4. The van der Waals surface area contributed by atoms with Gasteiger partial charge in [-0.05, 0) is 45.6 Å². The van der Waals surface area contributed by atoms with Gasteiger partial charge in [0.25, 0.3) is 5.91 Å². The molecule has 0 spiro atoms. The first-order valence-corrected chi connectivity index (χ1v) is 7.11. The van der Waals surface area contributed by atoms with Gasteiger partial charge < -0.3 is 5.73 Å². The number of amides is 1. The Labute approximate surface area is 116 Å². The van der Waals surface area contributed by atoms with Crippen LogP contribution >= 0.6 is 0 Å². The highest BCUT2D eigenvalue weighted by Crippen LogP contribution is 2.07. The minimum atomic E-state index is -0.434. The molecule has 19 heavy (non-hydrogen) atoms. The molecule has 108 valence electrons. The van der Waals surface area contributed by atoms with Crippen molar-refractivity contribution in [3.05, 3.63) is 30.1 Å². The van der Waals surface area contributed by atoms with Crippen LogP contribution in [0.2, 0.25) is 0 Å². The number of carbonyl (C=O) groups is 1. The van der Waals surface area contributed by atoms with Crippen LogP contribution in [0.25, 0.3) is 0 Å². The van der Waals surface area contributed by atoms with Crippen LogP contribution in [0.5, 0.6) is 0 Å². The minimum absolute atomic E-state index is 0.174. The molecule has 0 unspecified atom stereocenters. The molecule has 0 bridgehead atoms. The van der Waals surface area contributed by atoms with Crippen LogP contribution < -0.4 is 5.73 Å². The first-order chi connectivity index (χ1) is 9.13. The second-order valence-electron chi connectivity index (χ2n) is 4.37. The smallest absolute Gasteiger partial charge is 0.266 e. The van der Waals surface area contributed by atoms with Gasteiger partial charge >= 0.3 is 0 Å². The van der Waals surface area contributed by atoms with Crippen molar-refractivity contribution in [2.75, 3.05) is 0 Å². The SMILES string of the molecule is C1=CCCCC1.CC.CC(C)n1nccc1C(N)=O. The Morgan fingerprint density at radius 1 is 1.26 bits per heavy atom. The number of hydrogen-bond donors (Lipinski definition) is 1. The van der Waals surface area contributed by atoms with Crippen LogP contribution in [0.3, 0.4) is 0 Å². The molecule has 1 amide bonds. The number of allylic oxidation sites excluding steroid dienone is 2. The average molecular weight is 265 g/mol. The summed E-state index contributed by atoms with van der Waals surface area (Å²) in [4.78, 5) is 10.7. The zero-order valence-electron chi connectivity index (χ0n) is 12.6. The molecule has 2 N–H and O–H groups in total. The highest BCUT2D eigenvalue weighted by molar-refractivity contribution is 5.90. The Kier molecular flexibility index (Phi) is 9.49. The second-order valence-corrected chi connectivity index (χ2v) is 4.37. The molecule has 4 nitrogen and oxygen atoms in total. The van der Waals surface area contributed by atoms with E-state index in [9.17, 15) is 4.79 Å². The van der Waals surface area contributed by atoms with Gasteiger partial charge in [0.15, 0.2) is 0 Å². The lowest BCUT2D eigenvalue weighted by Crippen LogP contribution is -2.18.